The number of carbonyl (C=O) groups excluding carboxylic acids is 1. The van der Waals surface area contributed by atoms with Crippen LogP contribution in [0, 0.1) is 10.1 Å². The van der Waals surface area contributed by atoms with E-state index in [0.717, 1.165) is 16.7 Å². The fraction of sp³-hybridized carbons (Fsp3) is 0.435. The van der Waals surface area contributed by atoms with Crippen LogP contribution < -0.4 is 5.32 Å². The smallest absolute Gasteiger partial charge is 0.270 e. The van der Waals surface area contributed by atoms with E-state index < -0.39 is 0 Å². The molecule has 0 aliphatic rings. The molecule has 1 N–H and O–H groups in total. The van der Waals surface area contributed by atoms with Crippen LogP contribution in [0.2, 0.25) is 0 Å². The van der Waals surface area contributed by atoms with Crippen LogP contribution in [0.1, 0.15) is 87.4 Å². The van der Waals surface area contributed by atoms with Gasteiger partial charge in [-0.1, -0.05) is 60.6 Å². The van der Waals surface area contributed by atoms with E-state index in [1.807, 2.05) is 52.0 Å². The molecule has 0 bridgehead atoms. The molecule has 2 aromatic carbocycles. The largest absolute Gasteiger partial charge is 0.321 e. The molecule has 28 heavy (non-hydrogen) atoms. The highest BCUT2D eigenvalue weighted by Gasteiger charge is 2.22. The van der Waals surface area contributed by atoms with Crippen molar-refractivity contribution in [1.82, 2.24) is 0 Å². The molecule has 0 spiro atoms. The first-order valence-electron chi connectivity index (χ1n) is 9.66. The molecule has 0 atom stereocenters. The molecule has 150 valence electrons. The van der Waals surface area contributed by atoms with Gasteiger partial charge in [0.1, 0.15) is 0 Å². The van der Waals surface area contributed by atoms with E-state index in [-0.39, 0.29) is 33.8 Å². The van der Waals surface area contributed by atoms with Gasteiger partial charge in [-0.15, -0.1) is 0 Å². The summed E-state index contributed by atoms with van der Waals surface area (Å²) in [7, 11) is 0. The van der Waals surface area contributed by atoms with Crippen molar-refractivity contribution in [3.63, 3.8) is 0 Å². The highest BCUT2D eigenvalue weighted by atomic mass is 16.6. The second-order valence-corrected chi connectivity index (χ2v) is 8.85. The van der Waals surface area contributed by atoms with Crippen LogP contribution in [-0.4, -0.2) is 10.8 Å². The maximum Gasteiger partial charge on any atom is 0.270 e. The van der Waals surface area contributed by atoms with Gasteiger partial charge in [0.2, 0.25) is 0 Å². The van der Waals surface area contributed by atoms with Crippen molar-refractivity contribution < 1.29 is 9.72 Å². The zero-order valence-corrected chi connectivity index (χ0v) is 17.8. The predicted molar refractivity (Wildman–Crippen MR) is 114 cm³/mol. The SMILES string of the molecule is CC(C)c1cc([N+](=O)[O-])cc(C(C)C)c1NC(=O)c1ccc(C(C)(C)C)cc1. The Hall–Kier alpha value is -2.69. The Balaban J connectivity index is 2.46. The second-order valence-electron chi connectivity index (χ2n) is 8.85. The van der Waals surface area contributed by atoms with Crippen molar-refractivity contribution in [2.24, 2.45) is 0 Å². The van der Waals surface area contributed by atoms with Gasteiger partial charge in [0, 0.05) is 23.4 Å². The summed E-state index contributed by atoms with van der Waals surface area (Å²) in [6, 6.07) is 10.7. The van der Waals surface area contributed by atoms with E-state index in [2.05, 4.69) is 26.1 Å². The first-order valence-corrected chi connectivity index (χ1v) is 9.66. The molecule has 0 aliphatic carbocycles. The number of amides is 1. The number of hydrogen-bond donors (Lipinski definition) is 1. The van der Waals surface area contributed by atoms with E-state index in [4.69, 9.17) is 0 Å². The summed E-state index contributed by atoms with van der Waals surface area (Å²) < 4.78 is 0. The lowest BCUT2D eigenvalue weighted by Gasteiger charge is -2.21. The van der Waals surface area contributed by atoms with Gasteiger partial charge < -0.3 is 5.32 Å². The first-order chi connectivity index (χ1) is 12.9. The van der Waals surface area contributed by atoms with Gasteiger partial charge in [-0.2, -0.15) is 0 Å². The van der Waals surface area contributed by atoms with Gasteiger partial charge in [-0.25, -0.2) is 0 Å². The van der Waals surface area contributed by atoms with Crippen molar-refractivity contribution in [3.8, 4) is 0 Å². The lowest BCUT2D eigenvalue weighted by molar-refractivity contribution is -0.385. The van der Waals surface area contributed by atoms with E-state index in [1.54, 1.807) is 12.1 Å². The Kier molecular flexibility index (Phi) is 6.27. The van der Waals surface area contributed by atoms with Crippen molar-refractivity contribution in [1.29, 1.82) is 0 Å². The third kappa shape index (κ3) is 4.77. The molecule has 2 aromatic rings. The Morgan fingerprint density at radius 3 is 1.79 bits per heavy atom. The number of non-ortho nitro benzene ring substituents is 1. The molecule has 0 heterocycles. The molecule has 0 aliphatic heterocycles. The Labute approximate surface area is 167 Å². The zero-order chi connectivity index (χ0) is 21.2. The molecular formula is C23H30N2O3. The van der Waals surface area contributed by atoms with Gasteiger partial charge in [0.05, 0.1) is 4.92 Å². The summed E-state index contributed by atoms with van der Waals surface area (Å²) in [5, 5.41) is 14.4. The summed E-state index contributed by atoms with van der Waals surface area (Å²) in [6.07, 6.45) is 0. The lowest BCUT2D eigenvalue weighted by Crippen LogP contribution is -2.17. The van der Waals surface area contributed by atoms with Gasteiger partial charge in [0.15, 0.2) is 0 Å². The molecular weight excluding hydrogens is 352 g/mol. The number of nitrogens with zero attached hydrogens (tertiary/aromatic N) is 1. The molecule has 0 radical (unpaired) electrons. The van der Waals surface area contributed by atoms with E-state index in [0.29, 0.717) is 11.3 Å². The molecule has 0 saturated carbocycles. The molecule has 0 fully saturated rings. The summed E-state index contributed by atoms with van der Waals surface area (Å²) in [6.45, 7) is 14.3. The molecule has 1 amide bonds. The third-order valence-electron chi connectivity index (χ3n) is 4.89. The number of carbonyl (C=O) groups is 1. The maximum absolute atomic E-state index is 12.9. The van der Waals surface area contributed by atoms with Gasteiger partial charge in [0.25, 0.3) is 11.6 Å². The minimum Gasteiger partial charge on any atom is -0.321 e. The highest BCUT2D eigenvalue weighted by molar-refractivity contribution is 6.05. The molecule has 5 nitrogen and oxygen atoms in total. The zero-order valence-electron chi connectivity index (χ0n) is 17.8. The Morgan fingerprint density at radius 2 is 1.43 bits per heavy atom. The van der Waals surface area contributed by atoms with Crippen molar-refractivity contribution in [2.75, 3.05) is 5.32 Å². The lowest BCUT2D eigenvalue weighted by atomic mass is 9.86. The number of benzene rings is 2. The molecule has 0 saturated heterocycles. The van der Waals surface area contributed by atoms with Gasteiger partial charge in [-0.3, -0.25) is 14.9 Å². The van der Waals surface area contributed by atoms with Crippen LogP contribution in [-0.2, 0) is 5.41 Å². The van der Waals surface area contributed by atoms with Crippen LogP contribution in [0.25, 0.3) is 0 Å². The molecule has 2 rings (SSSR count). The molecule has 0 unspecified atom stereocenters. The van der Waals surface area contributed by atoms with Crippen LogP contribution in [0.5, 0.6) is 0 Å². The summed E-state index contributed by atoms with van der Waals surface area (Å²) in [5.41, 5.74) is 4.03. The third-order valence-corrected chi connectivity index (χ3v) is 4.89. The number of rotatable bonds is 5. The van der Waals surface area contributed by atoms with Crippen LogP contribution in [0.3, 0.4) is 0 Å². The standard InChI is InChI=1S/C23H30N2O3/c1-14(2)19-12-18(25(27)28)13-20(15(3)4)21(19)24-22(26)16-8-10-17(11-9-16)23(5,6)7/h8-15H,1-7H3,(H,24,26). The number of hydrogen-bond acceptors (Lipinski definition) is 3. The average Bonchev–Trinajstić information content (AvgIpc) is 2.60. The number of nitro groups is 1. The van der Waals surface area contributed by atoms with E-state index in [9.17, 15) is 14.9 Å². The van der Waals surface area contributed by atoms with E-state index >= 15 is 0 Å². The Bertz CT molecular complexity index is 847. The highest BCUT2D eigenvalue weighted by Crippen LogP contribution is 2.36. The number of nitrogens with one attached hydrogen (secondary N) is 1. The topological polar surface area (TPSA) is 72.2 Å². The second kappa shape index (κ2) is 8.13. The van der Waals surface area contributed by atoms with Crippen molar-refractivity contribution in [2.45, 2.75) is 65.7 Å². The summed E-state index contributed by atoms with van der Waals surface area (Å²) in [5.74, 6) is -0.134. The fourth-order valence-electron chi connectivity index (χ4n) is 3.14. The molecule has 5 heteroatoms. The van der Waals surface area contributed by atoms with E-state index in [1.165, 1.54) is 0 Å². The summed E-state index contributed by atoms with van der Waals surface area (Å²) in [4.78, 5) is 23.9. The Morgan fingerprint density at radius 1 is 0.964 bits per heavy atom. The quantitative estimate of drug-likeness (QED) is 0.481. The minimum atomic E-state index is -0.380. The van der Waals surface area contributed by atoms with Crippen LogP contribution >= 0.6 is 0 Å². The number of anilines is 1. The van der Waals surface area contributed by atoms with Crippen LogP contribution in [0.4, 0.5) is 11.4 Å². The number of nitro benzene ring substituents is 1. The predicted octanol–water partition coefficient (Wildman–Crippen LogP) is 6.39. The fourth-order valence-corrected chi connectivity index (χ4v) is 3.14. The van der Waals surface area contributed by atoms with Crippen molar-refractivity contribution >= 4 is 17.3 Å². The average molecular weight is 383 g/mol. The van der Waals surface area contributed by atoms with Gasteiger partial charge >= 0.3 is 0 Å². The monoisotopic (exact) mass is 382 g/mol. The minimum absolute atomic E-state index is 0.0169. The normalized spacial score (nSPS) is 11.8. The van der Waals surface area contributed by atoms with Crippen LogP contribution in [0.15, 0.2) is 36.4 Å². The first kappa shape index (κ1) is 21.6. The maximum atomic E-state index is 12.9. The summed E-state index contributed by atoms with van der Waals surface area (Å²) >= 11 is 0. The molecule has 0 aromatic heterocycles. The van der Waals surface area contributed by atoms with Gasteiger partial charge in [-0.05, 0) is 46.1 Å². The van der Waals surface area contributed by atoms with Crippen molar-refractivity contribution in [3.05, 3.63) is 68.8 Å².